The summed E-state index contributed by atoms with van der Waals surface area (Å²) in [6.45, 7) is 2.52. The summed E-state index contributed by atoms with van der Waals surface area (Å²) in [5, 5.41) is 13.9. The van der Waals surface area contributed by atoms with Crippen molar-refractivity contribution in [2.75, 3.05) is 19.6 Å². The van der Waals surface area contributed by atoms with Gasteiger partial charge in [-0.25, -0.2) is 0 Å². The number of β-amino-alcohol motifs (C(OH)–C–C–N with tert-alkyl or cyclic N) is 1. The lowest BCUT2D eigenvalue weighted by atomic mass is 9.91. The van der Waals surface area contributed by atoms with Gasteiger partial charge in [0.2, 0.25) is 5.91 Å². The first-order chi connectivity index (χ1) is 10.4. The summed E-state index contributed by atoms with van der Waals surface area (Å²) in [6.07, 6.45) is 1.64. The van der Waals surface area contributed by atoms with Crippen LogP contribution in [0.1, 0.15) is 25.3 Å². The molecule has 1 atom stereocenters. The molecule has 1 aliphatic rings. The van der Waals surface area contributed by atoms with E-state index in [0.717, 1.165) is 5.56 Å². The van der Waals surface area contributed by atoms with Gasteiger partial charge in [-0.3, -0.25) is 9.59 Å². The number of aliphatic hydroxyl groups is 1. The van der Waals surface area contributed by atoms with Crippen LogP contribution in [0.3, 0.4) is 0 Å². The van der Waals surface area contributed by atoms with Gasteiger partial charge in [-0.15, -0.1) is 0 Å². The Labute approximate surface area is 135 Å². The lowest BCUT2D eigenvalue weighted by Gasteiger charge is -2.37. The number of amides is 2. The van der Waals surface area contributed by atoms with E-state index >= 15 is 0 Å². The van der Waals surface area contributed by atoms with Gasteiger partial charge in [-0.2, -0.15) is 0 Å². The Morgan fingerprint density at radius 3 is 2.91 bits per heavy atom. The Balaban J connectivity index is 1.87. The van der Waals surface area contributed by atoms with Crippen LogP contribution >= 0.6 is 11.6 Å². The molecule has 1 aromatic carbocycles. The number of halogens is 1. The van der Waals surface area contributed by atoms with E-state index in [2.05, 4.69) is 5.32 Å². The van der Waals surface area contributed by atoms with Crippen LogP contribution in [0.15, 0.2) is 24.3 Å². The van der Waals surface area contributed by atoms with Crippen LogP contribution in [-0.2, 0) is 16.0 Å². The number of carbonyl (C=O) groups is 2. The molecule has 1 saturated heterocycles. The fourth-order valence-corrected chi connectivity index (χ4v) is 2.88. The molecule has 0 aromatic heterocycles. The van der Waals surface area contributed by atoms with E-state index in [4.69, 9.17) is 11.6 Å². The van der Waals surface area contributed by atoms with Crippen molar-refractivity contribution in [3.05, 3.63) is 34.9 Å². The average molecular weight is 325 g/mol. The number of hydrogen-bond donors (Lipinski definition) is 2. The summed E-state index contributed by atoms with van der Waals surface area (Å²) in [4.78, 5) is 25.1. The van der Waals surface area contributed by atoms with Gasteiger partial charge in [0.1, 0.15) is 0 Å². The predicted octanol–water partition coefficient (Wildman–Crippen LogP) is 1.37. The Kier molecular flexibility index (Phi) is 5.42. The van der Waals surface area contributed by atoms with Gasteiger partial charge in [0.05, 0.1) is 6.54 Å². The van der Waals surface area contributed by atoms with Crippen molar-refractivity contribution < 1.29 is 14.7 Å². The van der Waals surface area contributed by atoms with Gasteiger partial charge in [0.15, 0.2) is 5.60 Å². The SMILES string of the molecule is CC(=O)N1CCCC(O)(C(=O)NCCc2cccc(Cl)c2)C1. The summed E-state index contributed by atoms with van der Waals surface area (Å²) in [5.41, 5.74) is -0.466. The highest BCUT2D eigenvalue weighted by Gasteiger charge is 2.40. The lowest BCUT2D eigenvalue weighted by molar-refractivity contribution is -0.150. The number of carbonyl (C=O) groups excluding carboxylic acids is 2. The van der Waals surface area contributed by atoms with E-state index in [1.807, 2.05) is 18.2 Å². The largest absolute Gasteiger partial charge is 0.378 e. The fourth-order valence-electron chi connectivity index (χ4n) is 2.67. The van der Waals surface area contributed by atoms with Gasteiger partial charge in [-0.1, -0.05) is 23.7 Å². The topological polar surface area (TPSA) is 69.6 Å². The van der Waals surface area contributed by atoms with Crippen LogP contribution in [0.4, 0.5) is 0 Å². The molecule has 0 spiro atoms. The summed E-state index contributed by atoms with van der Waals surface area (Å²) in [5.74, 6) is -0.537. The van der Waals surface area contributed by atoms with Crippen molar-refractivity contribution in [1.82, 2.24) is 10.2 Å². The second-order valence-electron chi connectivity index (χ2n) is 5.71. The molecule has 2 N–H and O–H groups in total. The highest BCUT2D eigenvalue weighted by molar-refractivity contribution is 6.30. The van der Waals surface area contributed by atoms with Crippen LogP contribution in [0.5, 0.6) is 0 Å². The van der Waals surface area contributed by atoms with E-state index in [1.54, 1.807) is 6.07 Å². The summed E-state index contributed by atoms with van der Waals surface area (Å²) >= 11 is 5.91. The molecule has 22 heavy (non-hydrogen) atoms. The van der Waals surface area contributed by atoms with E-state index in [-0.39, 0.29) is 12.5 Å². The maximum Gasteiger partial charge on any atom is 0.253 e. The van der Waals surface area contributed by atoms with Crippen molar-refractivity contribution in [2.45, 2.75) is 31.8 Å². The number of nitrogens with one attached hydrogen (secondary N) is 1. The summed E-state index contributed by atoms with van der Waals surface area (Å²) in [7, 11) is 0. The molecule has 0 bridgehead atoms. The Morgan fingerprint density at radius 1 is 1.45 bits per heavy atom. The smallest absolute Gasteiger partial charge is 0.253 e. The number of hydrogen-bond acceptors (Lipinski definition) is 3. The second kappa shape index (κ2) is 7.11. The van der Waals surface area contributed by atoms with Crippen molar-refractivity contribution in [1.29, 1.82) is 0 Å². The molecule has 0 saturated carbocycles. The first-order valence-electron chi connectivity index (χ1n) is 7.41. The zero-order chi connectivity index (χ0) is 16.2. The van der Waals surface area contributed by atoms with Crippen LogP contribution in [-0.4, -0.2) is 47.1 Å². The number of nitrogens with zero attached hydrogens (tertiary/aromatic N) is 1. The minimum Gasteiger partial charge on any atom is -0.378 e. The fraction of sp³-hybridized carbons (Fsp3) is 0.500. The molecule has 5 nitrogen and oxygen atoms in total. The van der Waals surface area contributed by atoms with E-state index in [9.17, 15) is 14.7 Å². The zero-order valence-electron chi connectivity index (χ0n) is 12.6. The highest BCUT2D eigenvalue weighted by atomic mass is 35.5. The zero-order valence-corrected chi connectivity index (χ0v) is 13.4. The third kappa shape index (κ3) is 4.21. The molecular formula is C16H21ClN2O3. The lowest BCUT2D eigenvalue weighted by Crippen LogP contribution is -2.58. The molecule has 6 heteroatoms. The van der Waals surface area contributed by atoms with Gasteiger partial charge >= 0.3 is 0 Å². The maximum atomic E-state index is 12.2. The van der Waals surface area contributed by atoms with Crippen LogP contribution in [0.25, 0.3) is 0 Å². The normalized spacial score (nSPS) is 21.5. The molecule has 2 rings (SSSR count). The monoisotopic (exact) mass is 324 g/mol. The average Bonchev–Trinajstić information content (AvgIpc) is 2.47. The molecule has 1 heterocycles. The second-order valence-corrected chi connectivity index (χ2v) is 6.15. The van der Waals surface area contributed by atoms with Gasteiger partial charge in [0.25, 0.3) is 5.91 Å². The Morgan fingerprint density at radius 2 is 2.23 bits per heavy atom. The van der Waals surface area contributed by atoms with Crippen molar-refractivity contribution in [2.24, 2.45) is 0 Å². The third-order valence-electron chi connectivity index (χ3n) is 3.93. The Bertz CT molecular complexity index is 564. The van der Waals surface area contributed by atoms with Crippen LogP contribution in [0.2, 0.25) is 5.02 Å². The molecule has 2 amide bonds. The highest BCUT2D eigenvalue weighted by Crippen LogP contribution is 2.21. The standard InChI is InChI=1S/C16H21ClN2O3/c1-12(20)19-9-3-7-16(22,11-19)15(21)18-8-6-13-4-2-5-14(17)10-13/h2,4-5,10,22H,3,6-9,11H2,1H3,(H,18,21). The van der Waals surface area contributed by atoms with Crippen LogP contribution in [0, 0.1) is 0 Å². The molecule has 0 aliphatic carbocycles. The molecule has 0 radical (unpaired) electrons. The number of rotatable bonds is 4. The quantitative estimate of drug-likeness (QED) is 0.879. The van der Waals surface area contributed by atoms with E-state index in [1.165, 1.54) is 11.8 Å². The number of benzene rings is 1. The third-order valence-corrected chi connectivity index (χ3v) is 4.16. The van der Waals surface area contributed by atoms with Gasteiger partial charge in [0, 0.05) is 25.0 Å². The molecular weight excluding hydrogens is 304 g/mol. The minimum absolute atomic E-state index is 0.0608. The number of likely N-dealkylation sites (tertiary alicyclic amines) is 1. The molecule has 120 valence electrons. The van der Waals surface area contributed by atoms with Crippen LogP contribution < -0.4 is 5.32 Å². The number of piperidine rings is 1. The van der Waals surface area contributed by atoms with Crippen molar-refractivity contribution in [3.8, 4) is 0 Å². The molecule has 1 unspecified atom stereocenters. The van der Waals surface area contributed by atoms with Gasteiger partial charge in [-0.05, 0) is 37.0 Å². The molecule has 1 aromatic rings. The van der Waals surface area contributed by atoms with Crippen molar-refractivity contribution in [3.63, 3.8) is 0 Å². The van der Waals surface area contributed by atoms with E-state index in [0.29, 0.717) is 37.4 Å². The van der Waals surface area contributed by atoms with Gasteiger partial charge < -0.3 is 15.3 Å². The van der Waals surface area contributed by atoms with E-state index < -0.39 is 11.5 Å². The first kappa shape index (κ1) is 16.8. The first-order valence-corrected chi connectivity index (χ1v) is 7.79. The molecule has 1 fully saturated rings. The summed E-state index contributed by atoms with van der Waals surface area (Å²) in [6, 6.07) is 7.44. The Hall–Kier alpha value is -1.59. The molecule has 1 aliphatic heterocycles. The minimum atomic E-state index is -1.49. The predicted molar refractivity (Wildman–Crippen MR) is 84.6 cm³/mol. The summed E-state index contributed by atoms with van der Waals surface area (Å²) < 4.78 is 0. The van der Waals surface area contributed by atoms with Crippen molar-refractivity contribution >= 4 is 23.4 Å². The maximum absolute atomic E-state index is 12.2.